The van der Waals surface area contributed by atoms with Crippen LogP contribution in [0.2, 0.25) is 0 Å². The third-order valence-electron chi connectivity index (χ3n) is 5.24. The van der Waals surface area contributed by atoms with E-state index in [-0.39, 0.29) is 11.7 Å². The number of nitrogens with two attached hydrogens (primary N) is 2. The van der Waals surface area contributed by atoms with Crippen molar-refractivity contribution >= 4 is 23.1 Å². The summed E-state index contributed by atoms with van der Waals surface area (Å²) < 4.78 is 21.1. The number of nitrogens with one attached hydrogen (secondary N) is 1. The number of ether oxygens (including phenoxy) is 1. The zero-order valence-electron chi connectivity index (χ0n) is 16.5. The van der Waals surface area contributed by atoms with Crippen molar-refractivity contribution < 1.29 is 13.9 Å². The number of hydrogen-bond acceptors (Lipinski definition) is 8. The Balaban J connectivity index is 1.60. The number of carbonyl (C=O) groups excluding carboxylic acids is 1. The molecule has 2 atom stereocenters. The summed E-state index contributed by atoms with van der Waals surface area (Å²) in [4.78, 5) is 17.5. The SMILES string of the molecule is N#Cc1ccc(F)c(Nc2ncnn3ccc(CN4CC[C@@H](N)[C@H](OC(N)=O)C4)c23)c1. The van der Waals surface area contributed by atoms with Gasteiger partial charge in [0.25, 0.3) is 0 Å². The second-order valence-corrected chi connectivity index (χ2v) is 7.34. The van der Waals surface area contributed by atoms with E-state index < -0.39 is 18.0 Å². The lowest BCUT2D eigenvalue weighted by atomic mass is 10.0. The average molecular weight is 424 g/mol. The summed E-state index contributed by atoms with van der Waals surface area (Å²) in [7, 11) is 0. The number of likely N-dealkylation sites (tertiary alicyclic amines) is 1. The van der Waals surface area contributed by atoms with Crippen LogP contribution in [0.1, 0.15) is 17.5 Å². The van der Waals surface area contributed by atoms with E-state index in [0.29, 0.717) is 43.0 Å². The number of piperidine rings is 1. The maximum Gasteiger partial charge on any atom is 0.404 e. The maximum atomic E-state index is 14.3. The minimum Gasteiger partial charge on any atom is -0.443 e. The highest BCUT2D eigenvalue weighted by Crippen LogP contribution is 2.27. The van der Waals surface area contributed by atoms with Crippen molar-refractivity contribution in [2.45, 2.75) is 25.1 Å². The quantitative estimate of drug-likeness (QED) is 0.558. The van der Waals surface area contributed by atoms with E-state index in [1.54, 1.807) is 10.7 Å². The Labute approximate surface area is 177 Å². The molecule has 3 heterocycles. The molecule has 31 heavy (non-hydrogen) atoms. The average Bonchev–Trinajstić information content (AvgIpc) is 3.15. The van der Waals surface area contributed by atoms with Crippen LogP contribution >= 0.6 is 0 Å². The van der Waals surface area contributed by atoms with Crippen molar-refractivity contribution in [3.05, 3.63) is 53.7 Å². The summed E-state index contributed by atoms with van der Waals surface area (Å²) in [5.41, 5.74) is 13.2. The molecule has 3 aromatic rings. The fourth-order valence-corrected chi connectivity index (χ4v) is 3.71. The van der Waals surface area contributed by atoms with E-state index >= 15 is 0 Å². The van der Waals surface area contributed by atoms with Gasteiger partial charge in [0.2, 0.25) is 0 Å². The Morgan fingerprint density at radius 1 is 1.42 bits per heavy atom. The Morgan fingerprint density at radius 3 is 3.03 bits per heavy atom. The van der Waals surface area contributed by atoms with Crippen molar-refractivity contribution in [1.29, 1.82) is 5.26 Å². The van der Waals surface area contributed by atoms with Crippen LogP contribution in [0.5, 0.6) is 0 Å². The molecule has 1 amide bonds. The second kappa shape index (κ2) is 8.55. The van der Waals surface area contributed by atoms with E-state index in [1.165, 1.54) is 24.5 Å². The Bertz CT molecular complexity index is 1160. The molecule has 160 valence electrons. The molecule has 2 aromatic heterocycles. The predicted molar refractivity (Wildman–Crippen MR) is 110 cm³/mol. The minimum atomic E-state index is -0.849. The fourth-order valence-electron chi connectivity index (χ4n) is 3.71. The molecule has 1 aliphatic heterocycles. The van der Waals surface area contributed by atoms with Crippen LogP contribution in [0, 0.1) is 17.1 Å². The zero-order valence-corrected chi connectivity index (χ0v) is 16.5. The molecule has 0 radical (unpaired) electrons. The standard InChI is InChI=1S/C20H21FN8O2/c21-14-2-1-12(8-22)7-16(14)27-19-18-13(3-6-29(18)26-11-25-19)9-28-5-4-15(23)17(10-28)31-20(24)30/h1-3,6-7,11,15,17H,4-5,9-10,23H2,(H2,24,30)(H,25,26,27)/t15-,17-/m1/s1. The number of nitrogens with zero attached hydrogens (tertiary/aromatic N) is 5. The van der Waals surface area contributed by atoms with Gasteiger partial charge in [0.05, 0.1) is 17.3 Å². The Kier molecular flexibility index (Phi) is 5.66. The van der Waals surface area contributed by atoms with Gasteiger partial charge in [0.1, 0.15) is 23.8 Å². The number of nitriles is 1. The summed E-state index contributed by atoms with van der Waals surface area (Å²) >= 11 is 0. The molecule has 0 saturated carbocycles. The minimum absolute atomic E-state index is 0.144. The molecule has 0 unspecified atom stereocenters. The van der Waals surface area contributed by atoms with Crippen LogP contribution in [0.25, 0.3) is 5.52 Å². The number of carbonyl (C=O) groups is 1. The highest BCUT2D eigenvalue weighted by atomic mass is 19.1. The van der Waals surface area contributed by atoms with Gasteiger partial charge in [-0.3, -0.25) is 4.90 Å². The van der Waals surface area contributed by atoms with Gasteiger partial charge >= 0.3 is 6.09 Å². The summed E-state index contributed by atoms with van der Waals surface area (Å²) in [6.07, 6.45) is 2.46. The smallest absolute Gasteiger partial charge is 0.404 e. The first-order valence-corrected chi connectivity index (χ1v) is 9.66. The van der Waals surface area contributed by atoms with Gasteiger partial charge < -0.3 is 21.5 Å². The fraction of sp³-hybridized carbons (Fsp3) is 0.300. The first kappa shape index (κ1) is 20.5. The van der Waals surface area contributed by atoms with Gasteiger partial charge in [-0.05, 0) is 36.2 Å². The highest BCUT2D eigenvalue weighted by molar-refractivity contribution is 5.77. The van der Waals surface area contributed by atoms with Crippen LogP contribution in [-0.2, 0) is 11.3 Å². The number of halogens is 1. The van der Waals surface area contributed by atoms with E-state index in [4.69, 9.17) is 21.5 Å². The molecule has 11 heteroatoms. The molecular weight excluding hydrogens is 403 g/mol. The molecule has 1 fully saturated rings. The third kappa shape index (κ3) is 4.40. The van der Waals surface area contributed by atoms with Gasteiger partial charge in [0, 0.05) is 31.9 Å². The van der Waals surface area contributed by atoms with Crippen molar-refractivity contribution in [2.75, 3.05) is 18.4 Å². The lowest BCUT2D eigenvalue weighted by Crippen LogP contribution is -2.52. The van der Waals surface area contributed by atoms with E-state index in [2.05, 4.69) is 20.3 Å². The van der Waals surface area contributed by atoms with Crippen LogP contribution in [0.3, 0.4) is 0 Å². The van der Waals surface area contributed by atoms with Gasteiger partial charge in [-0.15, -0.1) is 0 Å². The molecule has 0 spiro atoms. The van der Waals surface area contributed by atoms with E-state index in [0.717, 1.165) is 5.56 Å². The van der Waals surface area contributed by atoms with Crippen LogP contribution < -0.4 is 16.8 Å². The molecule has 0 bridgehead atoms. The number of amides is 1. The van der Waals surface area contributed by atoms with Crippen LogP contribution in [0.15, 0.2) is 36.8 Å². The number of primary amides is 1. The van der Waals surface area contributed by atoms with Gasteiger partial charge in [-0.2, -0.15) is 10.4 Å². The van der Waals surface area contributed by atoms with E-state index in [1.807, 2.05) is 12.1 Å². The Morgan fingerprint density at radius 2 is 2.26 bits per heavy atom. The molecule has 1 aliphatic rings. The first-order valence-electron chi connectivity index (χ1n) is 9.66. The summed E-state index contributed by atoms with van der Waals surface area (Å²) in [5, 5.41) is 16.3. The molecule has 0 aliphatic carbocycles. The predicted octanol–water partition coefficient (Wildman–Crippen LogP) is 1.48. The molecule has 4 rings (SSSR count). The van der Waals surface area contributed by atoms with Crippen molar-refractivity contribution in [3.63, 3.8) is 0 Å². The number of rotatable bonds is 5. The molecule has 5 N–H and O–H groups in total. The topological polar surface area (TPSA) is 148 Å². The Hall–Kier alpha value is -3.75. The molecular formula is C20H21FN8O2. The monoisotopic (exact) mass is 424 g/mol. The number of hydrogen-bond donors (Lipinski definition) is 3. The van der Waals surface area contributed by atoms with E-state index in [9.17, 15) is 9.18 Å². The molecule has 10 nitrogen and oxygen atoms in total. The second-order valence-electron chi connectivity index (χ2n) is 7.34. The van der Waals surface area contributed by atoms with Crippen molar-refractivity contribution in [2.24, 2.45) is 11.5 Å². The highest BCUT2D eigenvalue weighted by Gasteiger charge is 2.29. The van der Waals surface area contributed by atoms with Gasteiger partial charge in [-0.25, -0.2) is 18.7 Å². The number of fused-ring (bicyclic) bond motifs is 1. The molecule has 1 aromatic carbocycles. The van der Waals surface area contributed by atoms with Crippen molar-refractivity contribution in [3.8, 4) is 6.07 Å². The van der Waals surface area contributed by atoms with Gasteiger partial charge in [0.15, 0.2) is 5.82 Å². The number of anilines is 2. The van der Waals surface area contributed by atoms with Crippen molar-refractivity contribution in [1.82, 2.24) is 19.5 Å². The number of benzene rings is 1. The summed E-state index contributed by atoms with van der Waals surface area (Å²) in [6.45, 7) is 1.67. The number of aromatic nitrogens is 3. The normalized spacial score (nSPS) is 19.1. The van der Waals surface area contributed by atoms with Gasteiger partial charge in [-0.1, -0.05) is 0 Å². The summed E-state index contributed by atoms with van der Waals surface area (Å²) in [5.74, 6) is -0.0945. The van der Waals surface area contributed by atoms with Crippen LogP contribution in [0.4, 0.5) is 20.7 Å². The maximum absolute atomic E-state index is 14.3. The lowest BCUT2D eigenvalue weighted by molar-refractivity contribution is 0.0313. The zero-order chi connectivity index (χ0) is 22.0. The largest absolute Gasteiger partial charge is 0.443 e. The lowest BCUT2D eigenvalue weighted by Gasteiger charge is -2.35. The van der Waals surface area contributed by atoms with Crippen LogP contribution in [-0.4, -0.2) is 50.8 Å². The first-order chi connectivity index (χ1) is 14.9. The molecule has 1 saturated heterocycles. The third-order valence-corrected chi connectivity index (χ3v) is 5.24. The summed E-state index contributed by atoms with van der Waals surface area (Å²) in [6, 6.07) is 7.68.